The van der Waals surface area contributed by atoms with Gasteiger partial charge in [0.2, 0.25) is 0 Å². The van der Waals surface area contributed by atoms with E-state index in [2.05, 4.69) is 35.3 Å². The molecule has 10 heteroatoms. The highest BCUT2D eigenvalue weighted by Crippen LogP contribution is 2.29. The van der Waals surface area contributed by atoms with E-state index in [4.69, 9.17) is 4.98 Å². The van der Waals surface area contributed by atoms with Gasteiger partial charge in [-0.3, -0.25) is 14.2 Å². The Morgan fingerprint density at radius 2 is 1.85 bits per heavy atom. The van der Waals surface area contributed by atoms with Crippen LogP contribution in [-0.4, -0.2) is 69.3 Å². The SMILES string of the molecule is CCC(CC)n1cc(-c2nc(-c3cnn(C4CN(C(=O)C(C)O)C4)c3)cn3nccc23)cn1. The van der Waals surface area contributed by atoms with Crippen molar-refractivity contribution in [2.75, 3.05) is 13.1 Å². The molecule has 1 unspecified atom stereocenters. The van der Waals surface area contributed by atoms with Crippen molar-refractivity contribution in [2.45, 2.75) is 51.8 Å². The maximum atomic E-state index is 11.9. The Kier molecular flexibility index (Phi) is 5.45. The van der Waals surface area contributed by atoms with Gasteiger partial charge in [-0.2, -0.15) is 15.3 Å². The summed E-state index contributed by atoms with van der Waals surface area (Å²) >= 11 is 0. The van der Waals surface area contributed by atoms with Crippen molar-refractivity contribution in [1.29, 1.82) is 0 Å². The van der Waals surface area contributed by atoms with E-state index in [0.29, 0.717) is 19.1 Å². The van der Waals surface area contributed by atoms with Crippen molar-refractivity contribution in [1.82, 2.24) is 39.1 Å². The van der Waals surface area contributed by atoms with E-state index >= 15 is 0 Å². The fourth-order valence-electron chi connectivity index (χ4n) is 4.34. The predicted octanol–water partition coefficient (Wildman–Crippen LogP) is 2.58. The lowest BCUT2D eigenvalue weighted by atomic mass is 10.1. The third kappa shape index (κ3) is 3.80. The molecular formula is C23H28N8O2. The molecule has 0 saturated carbocycles. The average molecular weight is 449 g/mol. The second-order valence-electron chi connectivity index (χ2n) is 8.60. The fraction of sp³-hybridized carbons (Fsp3) is 0.435. The van der Waals surface area contributed by atoms with Crippen LogP contribution in [0.15, 0.2) is 43.2 Å². The summed E-state index contributed by atoms with van der Waals surface area (Å²) in [5.41, 5.74) is 4.34. The molecule has 1 atom stereocenters. The van der Waals surface area contributed by atoms with Crippen molar-refractivity contribution >= 4 is 11.4 Å². The van der Waals surface area contributed by atoms with Crippen LogP contribution in [-0.2, 0) is 4.79 Å². The van der Waals surface area contributed by atoms with Gasteiger partial charge in [-0.15, -0.1) is 0 Å². The standard InChI is InChI=1S/C23H28N8O2/c1-4-18(5-2)29-11-17(9-26-29)22-21-6-7-24-31(21)14-20(27-22)16-8-25-30(10-16)19-12-28(13-19)23(33)15(3)32/h6-11,14-15,18-19,32H,4-5,12-13H2,1-3H3. The molecule has 1 amide bonds. The number of fused-ring (bicyclic) bond motifs is 1. The molecule has 1 aliphatic heterocycles. The molecule has 1 aliphatic rings. The van der Waals surface area contributed by atoms with Crippen molar-refractivity contribution < 1.29 is 9.90 Å². The van der Waals surface area contributed by atoms with Crippen LogP contribution in [0.4, 0.5) is 0 Å². The van der Waals surface area contributed by atoms with Crippen LogP contribution in [0.2, 0.25) is 0 Å². The highest BCUT2D eigenvalue weighted by molar-refractivity contribution is 5.81. The number of nitrogens with zero attached hydrogens (tertiary/aromatic N) is 8. The van der Waals surface area contributed by atoms with E-state index in [-0.39, 0.29) is 11.9 Å². The van der Waals surface area contributed by atoms with Crippen LogP contribution in [0, 0.1) is 0 Å². The number of hydrogen-bond donors (Lipinski definition) is 1. The van der Waals surface area contributed by atoms with Gasteiger partial charge in [-0.1, -0.05) is 13.8 Å². The lowest BCUT2D eigenvalue weighted by molar-refractivity contribution is -0.145. The molecule has 0 spiro atoms. The van der Waals surface area contributed by atoms with Gasteiger partial charge in [-0.25, -0.2) is 9.50 Å². The lowest BCUT2D eigenvalue weighted by Crippen LogP contribution is -2.53. The molecule has 0 radical (unpaired) electrons. The zero-order valence-electron chi connectivity index (χ0n) is 19.0. The van der Waals surface area contributed by atoms with Gasteiger partial charge in [0.15, 0.2) is 0 Å². The second kappa shape index (κ2) is 8.43. The quantitative estimate of drug-likeness (QED) is 0.466. The number of rotatable bonds is 7. The minimum atomic E-state index is -0.975. The molecule has 1 saturated heterocycles. The Hall–Kier alpha value is -3.53. The average Bonchev–Trinajstić information content (AvgIpc) is 3.53. The van der Waals surface area contributed by atoms with Crippen molar-refractivity contribution in [3.05, 3.63) is 43.2 Å². The van der Waals surface area contributed by atoms with Crippen LogP contribution < -0.4 is 0 Å². The summed E-state index contributed by atoms with van der Waals surface area (Å²) < 4.78 is 5.71. The molecule has 172 valence electrons. The molecule has 0 bridgehead atoms. The molecule has 5 rings (SSSR count). The molecular weight excluding hydrogens is 420 g/mol. The number of amides is 1. The normalized spacial score (nSPS) is 15.4. The first kappa shape index (κ1) is 21.3. The lowest BCUT2D eigenvalue weighted by Gasteiger charge is -2.39. The minimum absolute atomic E-state index is 0.0904. The minimum Gasteiger partial charge on any atom is -0.384 e. The Bertz CT molecular complexity index is 1280. The van der Waals surface area contributed by atoms with E-state index in [9.17, 15) is 9.90 Å². The Morgan fingerprint density at radius 3 is 2.58 bits per heavy atom. The molecule has 1 N–H and O–H groups in total. The monoisotopic (exact) mass is 448 g/mol. The van der Waals surface area contributed by atoms with Gasteiger partial charge >= 0.3 is 0 Å². The molecule has 0 aliphatic carbocycles. The summed E-state index contributed by atoms with van der Waals surface area (Å²) in [6.07, 6.45) is 12.4. The van der Waals surface area contributed by atoms with Gasteiger partial charge in [-0.05, 0) is 25.8 Å². The maximum Gasteiger partial charge on any atom is 0.251 e. The molecule has 4 aromatic heterocycles. The first-order valence-corrected chi connectivity index (χ1v) is 11.4. The van der Waals surface area contributed by atoms with Gasteiger partial charge in [0.05, 0.1) is 53.8 Å². The van der Waals surface area contributed by atoms with Crippen LogP contribution in [0.25, 0.3) is 28.0 Å². The second-order valence-corrected chi connectivity index (χ2v) is 8.60. The van der Waals surface area contributed by atoms with Crippen molar-refractivity contribution in [2.24, 2.45) is 0 Å². The molecule has 1 fully saturated rings. The first-order valence-electron chi connectivity index (χ1n) is 11.4. The smallest absolute Gasteiger partial charge is 0.251 e. The maximum absolute atomic E-state index is 11.9. The van der Waals surface area contributed by atoms with E-state index in [1.165, 1.54) is 6.92 Å². The fourth-order valence-corrected chi connectivity index (χ4v) is 4.34. The third-order valence-corrected chi connectivity index (χ3v) is 6.38. The predicted molar refractivity (Wildman–Crippen MR) is 122 cm³/mol. The number of aromatic nitrogens is 7. The number of aliphatic hydroxyl groups excluding tert-OH is 1. The van der Waals surface area contributed by atoms with E-state index in [1.54, 1.807) is 17.3 Å². The van der Waals surface area contributed by atoms with Gasteiger partial charge < -0.3 is 10.0 Å². The van der Waals surface area contributed by atoms with Crippen molar-refractivity contribution in [3.8, 4) is 22.5 Å². The van der Waals surface area contributed by atoms with E-state index in [0.717, 1.165) is 40.9 Å². The Balaban J connectivity index is 1.44. The van der Waals surface area contributed by atoms with Crippen LogP contribution in [0.1, 0.15) is 45.7 Å². The zero-order chi connectivity index (χ0) is 23.1. The molecule has 4 aromatic rings. The van der Waals surface area contributed by atoms with Crippen molar-refractivity contribution in [3.63, 3.8) is 0 Å². The zero-order valence-corrected chi connectivity index (χ0v) is 19.0. The number of aliphatic hydroxyl groups is 1. The van der Waals surface area contributed by atoms with Crippen LogP contribution in [0.3, 0.4) is 0 Å². The summed E-state index contributed by atoms with van der Waals surface area (Å²) in [6, 6.07) is 2.41. The van der Waals surface area contributed by atoms with Gasteiger partial charge in [0, 0.05) is 36.6 Å². The number of carbonyl (C=O) groups excluding carboxylic acids is 1. The Labute approximate surface area is 191 Å². The summed E-state index contributed by atoms with van der Waals surface area (Å²) in [7, 11) is 0. The summed E-state index contributed by atoms with van der Waals surface area (Å²) in [5.74, 6) is -0.247. The Morgan fingerprint density at radius 1 is 1.09 bits per heavy atom. The van der Waals surface area contributed by atoms with E-state index in [1.807, 2.05) is 38.5 Å². The highest BCUT2D eigenvalue weighted by Gasteiger charge is 2.34. The molecule has 0 aromatic carbocycles. The van der Waals surface area contributed by atoms with Gasteiger partial charge in [0.25, 0.3) is 5.91 Å². The highest BCUT2D eigenvalue weighted by atomic mass is 16.3. The summed E-state index contributed by atoms with van der Waals surface area (Å²) in [4.78, 5) is 18.5. The van der Waals surface area contributed by atoms with E-state index < -0.39 is 6.10 Å². The third-order valence-electron chi connectivity index (χ3n) is 6.38. The number of likely N-dealkylation sites (tertiary alicyclic amines) is 1. The topological polar surface area (TPSA) is 106 Å². The summed E-state index contributed by atoms with van der Waals surface area (Å²) in [6.45, 7) is 6.91. The van der Waals surface area contributed by atoms with Gasteiger partial charge in [0.1, 0.15) is 6.10 Å². The first-order chi connectivity index (χ1) is 16.0. The molecule has 10 nitrogen and oxygen atoms in total. The largest absolute Gasteiger partial charge is 0.384 e. The number of hydrogen-bond acceptors (Lipinski definition) is 6. The molecule has 33 heavy (non-hydrogen) atoms. The van der Waals surface area contributed by atoms with Crippen LogP contribution >= 0.6 is 0 Å². The molecule has 5 heterocycles. The summed E-state index contributed by atoms with van der Waals surface area (Å²) in [5, 5.41) is 23.0. The number of carbonyl (C=O) groups is 1. The van der Waals surface area contributed by atoms with Crippen LogP contribution in [0.5, 0.6) is 0 Å².